The van der Waals surface area contributed by atoms with Crippen LogP contribution in [0.2, 0.25) is 0 Å². The first kappa shape index (κ1) is 13.8. The molecule has 0 atom stereocenters. The Kier molecular flexibility index (Phi) is 3.47. The highest BCUT2D eigenvalue weighted by atomic mass is 32.1. The quantitative estimate of drug-likeness (QED) is 0.802. The van der Waals surface area contributed by atoms with E-state index in [9.17, 15) is 4.39 Å². The zero-order chi connectivity index (χ0) is 15.0. The summed E-state index contributed by atoms with van der Waals surface area (Å²) in [7, 11) is 1.42. The number of thiophene rings is 1. The molecule has 0 saturated heterocycles. The van der Waals surface area contributed by atoms with Crippen molar-refractivity contribution in [3.05, 3.63) is 35.0 Å². The largest absolute Gasteiger partial charge is 0.494 e. The van der Waals surface area contributed by atoms with Crippen molar-refractivity contribution in [3.8, 4) is 17.1 Å². The van der Waals surface area contributed by atoms with Crippen molar-refractivity contribution in [1.82, 2.24) is 9.97 Å². The van der Waals surface area contributed by atoms with Gasteiger partial charge in [-0.15, -0.1) is 11.3 Å². The molecular formula is C15H14FN3OS. The van der Waals surface area contributed by atoms with E-state index in [0.717, 1.165) is 16.6 Å². The molecule has 0 amide bonds. The molecule has 0 saturated carbocycles. The van der Waals surface area contributed by atoms with E-state index < -0.39 is 5.82 Å². The number of halogens is 1. The molecule has 2 heterocycles. The summed E-state index contributed by atoms with van der Waals surface area (Å²) in [4.78, 5) is 10.9. The minimum Gasteiger partial charge on any atom is -0.494 e. The van der Waals surface area contributed by atoms with Crippen molar-refractivity contribution in [2.75, 3.05) is 12.8 Å². The van der Waals surface area contributed by atoms with Crippen LogP contribution in [-0.4, -0.2) is 17.1 Å². The number of ether oxygens (including phenoxy) is 1. The normalized spacial score (nSPS) is 11.0. The van der Waals surface area contributed by atoms with Crippen LogP contribution >= 0.6 is 11.3 Å². The third-order valence-electron chi connectivity index (χ3n) is 3.23. The van der Waals surface area contributed by atoms with Gasteiger partial charge in [0.1, 0.15) is 10.6 Å². The number of benzene rings is 1. The maximum absolute atomic E-state index is 13.5. The molecule has 1 aromatic carbocycles. The molecule has 6 heteroatoms. The topological polar surface area (TPSA) is 61.0 Å². The highest BCUT2D eigenvalue weighted by Crippen LogP contribution is 2.31. The summed E-state index contributed by atoms with van der Waals surface area (Å²) in [6, 6.07) is 6.55. The first-order chi connectivity index (χ1) is 10.1. The lowest BCUT2D eigenvalue weighted by Gasteiger charge is -2.06. The number of anilines is 1. The van der Waals surface area contributed by atoms with Gasteiger partial charge in [0, 0.05) is 10.4 Å². The fourth-order valence-corrected chi connectivity index (χ4v) is 3.07. The van der Waals surface area contributed by atoms with Crippen molar-refractivity contribution in [3.63, 3.8) is 0 Å². The number of nitrogens with two attached hydrogens (primary N) is 1. The molecule has 0 aliphatic carbocycles. The smallest absolute Gasteiger partial charge is 0.165 e. The van der Waals surface area contributed by atoms with Gasteiger partial charge in [0.2, 0.25) is 0 Å². The molecule has 0 bridgehead atoms. The van der Waals surface area contributed by atoms with Crippen LogP contribution in [0, 0.1) is 5.82 Å². The monoisotopic (exact) mass is 303 g/mol. The van der Waals surface area contributed by atoms with Gasteiger partial charge in [-0.2, -0.15) is 0 Å². The summed E-state index contributed by atoms with van der Waals surface area (Å²) in [6.07, 6.45) is 0.931. The van der Waals surface area contributed by atoms with Crippen LogP contribution in [-0.2, 0) is 6.42 Å². The Balaban J connectivity index is 2.16. The molecule has 0 unspecified atom stereocenters. The second kappa shape index (κ2) is 5.29. The SMILES string of the molecule is CCc1cc2c(N)nc(-c3ccc(F)c(OC)c3)nc2s1. The van der Waals surface area contributed by atoms with Gasteiger partial charge in [0.05, 0.1) is 12.5 Å². The van der Waals surface area contributed by atoms with E-state index >= 15 is 0 Å². The maximum atomic E-state index is 13.5. The third-order valence-corrected chi connectivity index (χ3v) is 4.40. The molecule has 0 spiro atoms. The standard InChI is InChI=1S/C15H14FN3OS/c1-3-9-7-10-13(17)18-14(19-15(10)21-9)8-4-5-11(16)12(6-8)20-2/h4-7H,3H2,1-2H3,(H2,17,18,19). The Labute approximate surface area is 125 Å². The fraction of sp³-hybridized carbons (Fsp3) is 0.200. The van der Waals surface area contributed by atoms with Crippen LogP contribution in [0.1, 0.15) is 11.8 Å². The Morgan fingerprint density at radius 3 is 2.81 bits per heavy atom. The average Bonchev–Trinajstić information content (AvgIpc) is 2.91. The third kappa shape index (κ3) is 2.42. The first-order valence-corrected chi connectivity index (χ1v) is 7.34. The Morgan fingerprint density at radius 2 is 2.10 bits per heavy atom. The van der Waals surface area contributed by atoms with Gasteiger partial charge in [0.15, 0.2) is 17.4 Å². The molecule has 0 radical (unpaired) electrons. The predicted molar refractivity (Wildman–Crippen MR) is 83.2 cm³/mol. The number of rotatable bonds is 3. The summed E-state index contributed by atoms with van der Waals surface area (Å²) >= 11 is 1.60. The van der Waals surface area contributed by atoms with Gasteiger partial charge >= 0.3 is 0 Å². The zero-order valence-corrected chi connectivity index (χ0v) is 12.5. The molecule has 0 aliphatic rings. The summed E-state index contributed by atoms with van der Waals surface area (Å²) in [6.45, 7) is 2.08. The number of fused-ring (bicyclic) bond motifs is 1. The first-order valence-electron chi connectivity index (χ1n) is 6.52. The number of hydrogen-bond donors (Lipinski definition) is 1. The number of nitrogen functional groups attached to an aromatic ring is 1. The van der Waals surface area contributed by atoms with Crippen molar-refractivity contribution < 1.29 is 9.13 Å². The van der Waals surface area contributed by atoms with Gasteiger partial charge in [-0.3, -0.25) is 0 Å². The van der Waals surface area contributed by atoms with Gasteiger partial charge in [-0.05, 0) is 30.7 Å². The van der Waals surface area contributed by atoms with Crippen molar-refractivity contribution in [1.29, 1.82) is 0 Å². The molecule has 108 valence electrons. The van der Waals surface area contributed by atoms with E-state index in [0.29, 0.717) is 17.2 Å². The van der Waals surface area contributed by atoms with E-state index in [-0.39, 0.29) is 5.75 Å². The van der Waals surface area contributed by atoms with E-state index in [1.165, 1.54) is 18.1 Å². The fourth-order valence-electron chi connectivity index (χ4n) is 2.10. The molecule has 3 aromatic rings. The number of aryl methyl sites for hydroxylation is 1. The molecule has 4 nitrogen and oxygen atoms in total. The lowest BCUT2D eigenvalue weighted by Crippen LogP contribution is -1.97. The maximum Gasteiger partial charge on any atom is 0.165 e. The number of aromatic nitrogens is 2. The highest BCUT2D eigenvalue weighted by molar-refractivity contribution is 7.18. The van der Waals surface area contributed by atoms with Gasteiger partial charge in [0.25, 0.3) is 0 Å². The Hall–Kier alpha value is -2.21. The summed E-state index contributed by atoms with van der Waals surface area (Å²) in [5.74, 6) is 0.659. The van der Waals surface area contributed by atoms with Crippen LogP contribution in [0.15, 0.2) is 24.3 Å². The van der Waals surface area contributed by atoms with Crippen LogP contribution in [0.4, 0.5) is 10.2 Å². The second-order valence-corrected chi connectivity index (χ2v) is 5.68. The highest BCUT2D eigenvalue weighted by Gasteiger charge is 2.12. The van der Waals surface area contributed by atoms with E-state index in [1.54, 1.807) is 23.5 Å². The lowest BCUT2D eigenvalue weighted by molar-refractivity contribution is 0.387. The molecular weight excluding hydrogens is 289 g/mol. The molecule has 3 rings (SSSR count). The number of methoxy groups -OCH3 is 1. The second-order valence-electron chi connectivity index (χ2n) is 4.57. The lowest BCUT2D eigenvalue weighted by atomic mass is 10.2. The van der Waals surface area contributed by atoms with Crippen LogP contribution in [0.5, 0.6) is 5.75 Å². The van der Waals surface area contributed by atoms with Crippen LogP contribution < -0.4 is 10.5 Å². The summed E-state index contributed by atoms with van der Waals surface area (Å²) in [5.41, 5.74) is 6.69. The molecule has 0 fully saturated rings. The van der Waals surface area contributed by atoms with Gasteiger partial charge < -0.3 is 10.5 Å². The number of nitrogens with zero attached hydrogens (tertiary/aromatic N) is 2. The summed E-state index contributed by atoms with van der Waals surface area (Å²) < 4.78 is 18.5. The molecule has 2 N–H and O–H groups in total. The minimum atomic E-state index is -0.417. The zero-order valence-electron chi connectivity index (χ0n) is 11.7. The van der Waals surface area contributed by atoms with E-state index in [2.05, 4.69) is 16.9 Å². The van der Waals surface area contributed by atoms with Crippen molar-refractivity contribution >= 4 is 27.4 Å². The molecule has 0 aliphatic heterocycles. The minimum absolute atomic E-state index is 0.162. The van der Waals surface area contributed by atoms with Gasteiger partial charge in [-0.25, -0.2) is 14.4 Å². The molecule has 21 heavy (non-hydrogen) atoms. The molecule has 2 aromatic heterocycles. The van der Waals surface area contributed by atoms with Gasteiger partial charge in [-0.1, -0.05) is 6.92 Å². The van der Waals surface area contributed by atoms with Crippen LogP contribution in [0.3, 0.4) is 0 Å². The Bertz CT molecular complexity index is 816. The Morgan fingerprint density at radius 1 is 1.29 bits per heavy atom. The predicted octanol–water partition coefficient (Wildman–Crippen LogP) is 3.65. The van der Waals surface area contributed by atoms with E-state index in [1.807, 2.05) is 6.07 Å². The van der Waals surface area contributed by atoms with Crippen LogP contribution in [0.25, 0.3) is 21.6 Å². The van der Waals surface area contributed by atoms with E-state index in [4.69, 9.17) is 10.5 Å². The summed E-state index contributed by atoms with van der Waals surface area (Å²) in [5, 5.41) is 0.870. The van der Waals surface area contributed by atoms with Crippen molar-refractivity contribution in [2.45, 2.75) is 13.3 Å². The number of hydrogen-bond acceptors (Lipinski definition) is 5. The average molecular weight is 303 g/mol. The van der Waals surface area contributed by atoms with Crippen molar-refractivity contribution in [2.24, 2.45) is 0 Å².